The molecule has 0 spiro atoms. The van der Waals surface area contributed by atoms with Crippen molar-refractivity contribution < 1.29 is 14.9 Å². The van der Waals surface area contributed by atoms with Crippen LogP contribution in [0.15, 0.2) is 18.2 Å². The molecule has 4 heteroatoms. The van der Waals surface area contributed by atoms with Crippen molar-refractivity contribution in [3.8, 4) is 5.75 Å². The van der Waals surface area contributed by atoms with Gasteiger partial charge >= 0.3 is 0 Å². The summed E-state index contributed by atoms with van der Waals surface area (Å²) in [5, 5.41) is 21.2. The van der Waals surface area contributed by atoms with E-state index in [2.05, 4.69) is 12.2 Å². The lowest BCUT2D eigenvalue weighted by Gasteiger charge is -2.17. The highest BCUT2D eigenvalue weighted by Gasteiger charge is 2.08. The number of aryl methyl sites for hydroxylation is 1. The summed E-state index contributed by atoms with van der Waals surface area (Å²) in [7, 11) is 1.66. The summed E-state index contributed by atoms with van der Waals surface area (Å²) < 4.78 is 5.25. The zero-order chi connectivity index (χ0) is 12.7. The van der Waals surface area contributed by atoms with Gasteiger partial charge in [0.15, 0.2) is 0 Å². The van der Waals surface area contributed by atoms with Crippen molar-refractivity contribution in [1.29, 1.82) is 0 Å². The predicted molar refractivity (Wildman–Crippen MR) is 68.6 cm³/mol. The van der Waals surface area contributed by atoms with Crippen LogP contribution in [0.5, 0.6) is 5.75 Å². The lowest BCUT2D eigenvalue weighted by atomic mass is 10.1. The molecule has 0 amide bonds. The Morgan fingerprint density at radius 2 is 2.12 bits per heavy atom. The SMILES string of the molecule is CCc1cc(NC(CO)CCO)ccc1OC. The number of hydrogen-bond donors (Lipinski definition) is 3. The Balaban J connectivity index is 2.77. The quantitative estimate of drug-likeness (QED) is 0.673. The van der Waals surface area contributed by atoms with Gasteiger partial charge in [0.1, 0.15) is 5.75 Å². The van der Waals surface area contributed by atoms with Crippen molar-refractivity contribution in [2.24, 2.45) is 0 Å². The van der Waals surface area contributed by atoms with E-state index in [0.717, 1.165) is 23.4 Å². The van der Waals surface area contributed by atoms with Crippen LogP contribution in [0.2, 0.25) is 0 Å². The number of benzene rings is 1. The first-order chi connectivity index (χ1) is 8.24. The average molecular weight is 239 g/mol. The molecule has 0 saturated carbocycles. The van der Waals surface area contributed by atoms with E-state index in [1.807, 2.05) is 18.2 Å². The fraction of sp³-hybridized carbons (Fsp3) is 0.538. The van der Waals surface area contributed by atoms with Gasteiger partial charge in [-0.2, -0.15) is 0 Å². The molecule has 1 aromatic rings. The number of ether oxygens (including phenoxy) is 1. The largest absolute Gasteiger partial charge is 0.496 e. The smallest absolute Gasteiger partial charge is 0.122 e. The fourth-order valence-electron chi connectivity index (χ4n) is 1.75. The Morgan fingerprint density at radius 3 is 2.65 bits per heavy atom. The summed E-state index contributed by atoms with van der Waals surface area (Å²) in [6.45, 7) is 2.14. The third-order valence-corrected chi connectivity index (χ3v) is 2.73. The average Bonchev–Trinajstić information content (AvgIpc) is 2.38. The molecule has 0 aliphatic carbocycles. The maximum Gasteiger partial charge on any atom is 0.122 e. The van der Waals surface area contributed by atoms with E-state index in [1.165, 1.54) is 0 Å². The van der Waals surface area contributed by atoms with E-state index >= 15 is 0 Å². The van der Waals surface area contributed by atoms with Crippen LogP contribution in [0.3, 0.4) is 0 Å². The summed E-state index contributed by atoms with van der Waals surface area (Å²) in [6.07, 6.45) is 1.42. The predicted octanol–water partition coefficient (Wildman–Crippen LogP) is 1.41. The highest BCUT2D eigenvalue weighted by Crippen LogP contribution is 2.23. The Labute approximate surface area is 102 Å². The number of rotatable bonds is 7. The lowest BCUT2D eigenvalue weighted by Crippen LogP contribution is -2.24. The topological polar surface area (TPSA) is 61.7 Å². The first-order valence-electron chi connectivity index (χ1n) is 5.90. The van der Waals surface area contributed by atoms with Gasteiger partial charge in [0.05, 0.1) is 19.8 Å². The third kappa shape index (κ3) is 3.91. The van der Waals surface area contributed by atoms with Gasteiger partial charge in [-0.05, 0) is 36.6 Å². The second-order valence-corrected chi connectivity index (χ2v) is 3.92. The molecule has 1 rings (SSSR count). The van der Waals surface area contributed by atoms with Crippen LogP contribution in [-0.4, -0.2) is 36.6 Å². The van der Waals surface area contributed by atoms with Crippen molar-refractivity contribution in [3.63, 3.8) is 0 Å². The van der Waals surface area contributed by atoms with E-state index in [0.29, 0.717) is 6.42 Å². The molecular formula is C13H21NO3. The van der Waals surface area contributed by atoms with Crippen LogP contribution in [-0.2, 0) is 6.42 Å². The third-order valence-electron chi connectivity index (χ3n) is 2.73. The molecule has 1 unspecified atom stereocenters. The molecule has 0 aromatic heterocycles. The van der Waals surface area contributed by atoms with Crippen LogP contribution >= 0.6 is 0 Å². The van der Waals surface area contributed by atoms with Crippen molar-refractivity contribution in [2.75, 3.05) is 25.6 Å². The number of nitrogens with one attached hydrogen (secondary N) is 1. The number of aliphatic hydroxyl groups is 2. The van der Waals surface area contributed by atoms with Crippen molar-refractivity contribution in [1.82, 2.24) is 0 Å². The number of methoxy groups -OCH3 is 1. The van der Waals surface area contributed by atoms with Crippen LogP contribution in [0.1, 0.15) is 18.9 Å². The molecule has 17 heavy (non-hydrogen) atoms. The molecule has 0 aliphatic rings. The summed E-state index contributed by atoms with van der Waals surface area (Å²) in [5.74, 6) is 0.876. The van der Waals surface area contributed by atoms with Crippen LogP contribution < -0.4 is 10.1 Å². The second-order valence-electron chi connectivity index (χ2n) is 3.92. The van der Waals surface area contributed by atoms with Gasteiger partial charge in [-0.1, -0.05) is 6.92 Å². The van der Waals surface area contributed by atoms with E-state index < -0.39 is 0 Å². The molecular weight excluding hydrogens is 218 g/mol. The van der Waals surface area contributed by atoms with E-state index in [1.54, 1.807) is 7.11 Å². The van der Waals surface area contributed by atoms with Gasteiger partial charge in [-0.25, -0.2) is 0 Å². The van der Waals surface area contributed by atoms with Crippen LogP contribution in [0.25, 0.3) is 0 Å². The summed E-state index contributed by atoms with van der Waals surface area (Å²) in [5.41, 5.74) is 2.06. The number of anilines is 1. The summed E-state index contributed by atoms with van der Waals surface area (Å²) in [4.78, 5) is 0. The molecule has 0 heterocycles. The minimum atomic E-state index is -0.113. The van der Waals surface area contributed by atoms with Crippen LogP contribution in [0, 0.1) is 0 Å². The standard InChI is InChI=1S/C13H21NO3/c1-3-10-8-11(4-5-13(10)17-2)14-12(9-16)6-7-15/h4-5,8,12,14-16H,3,6-7,9H2,1-2H3. The van der Waals surface area contributed by atoms with Crippen molar-refractivity contribution in [2.45, 2.75) is 25.8 Å². The van der Waals surface area contributed by atoms with Gasteiger partial charge < -0.3 is 20.3 Å². The zero-order valence-electron chi connectivity index (χ0n) is 10.4. The van der Waals surface area contributed by atoms with E-state index in [9.17, 15) is 0 Å². The normalized spacial score (nSPS) is 12.2. The van der Waals surface area contributed by atoms with Gasteiger partial charge in [0, 0.05) is 12.3 Å². The molecule has 96 valence electrons. The molecule has 0 fully saturated rings. The molecule has 1 atom stereocenters. The van der Waals surface area contributed by atoms with Gasteiger partial charge in [-0.3, -0.25) is 0 Å². The summed E-state index contributed by atoms with van der Waals surface area (Å²) >= 11 is 0. The first-order valence-corrected chi connectivity index (χ1v) is 5.90. The number of hydrogen-bond acceptors (Lipinski definition) is 4. The summed E-state index contributed by atoms with van der Waals surface area (Å²) in [6, 6.07) is 5.73. The molecule has 0 bridgehead atoms. The minimum absolute atomic E-state index is 0.00798. The maximum absolute atomic E-state index is 9.15. The number of aliphatic hydroxyl groups excluding tert-OH is 2. The molecule has 1 aromatic carbocycles. The zero-order valence-corrected chi connectivity index (χ0v) is 10.4. The first kappa shape index (κ1) is 13.8. The molecule has 0 radical (unpaired) electrons. The Kier molecular flexibility index (Phi) is 5.80. The monoisotopic (exact) mass is 239 g/mol. The Hall–Kier alpha value is -1.26. The van der Waals surface area contributed by atoms with Gasteiger partial charge in [0.25, 0.3) is 0 Å². The molecule has 0 aliphatic heterocycles. The van der Waals surface area contributed by atoms with Crippen molar-refractivity contribution in [3.05, 3.63) is 23.8 Å². The minimum Gasteiger partial charge on any atom is -0.496 e. The Morgan fingerprint density at radius 1 is 1.35 bits per heavy atom. The Bertz CT molecular complexity index is 341. The van der Waals surface area contributed by atoms with E-state index in [-0.39, 0.29) is 19.3 Å². The van der Waals surface area contributed by atoms with Gasteiger partial charge in [-0.15, -0.1) is 0 Å². The van der Waals surface area contributed by atoms with E-state index in [4.69, 9.17) is 14.9 Å². The van der Waals surface area contributed by atoms with Crippen molar-refractivity contribution >= 4 is 5.69 Å². The molecule has 0 saturated heterocycles. The highest BCUT2D eigenvalue weighted by molar-refractivity contribution is 5.51. The fourth-order valence-corrected chi connectivity index (χ4v) is 1.75. The molecule has 4 nitrogen and oxygen atoms in total. The second kappa shape index (κ2) is 7.14. The maximum atomic E-state index is 9.15. The van der Waals surface area contributed by atoms with Crippen LogP contribution in [0.4, 0.5) is 5.69 Å². The van der Waals surface area contributed by atoms with Gasteiger partial charge in [0.2, 0.25) is 0 Å². The highest BCUT2D eigenvalue weighted by atomic mass is 16.5. The molecule has 3 N–H and O–H groups in total. The lowest BCUT2D eigenvalue weighted by molar-refractivity contribution is 0.229.